The van der Waals surface area contributed by atoms with E-state index >= 15 is 0 Å². The third kappa shape index (κ3) is 6.14. The summed E-state index contributed by atoms with van der Waals surface area (Å²) in [6.07, 6.45) is 3.19. The molecule has 0 spiro atoms. The van der Waals surface area contributed by atoms with Crippen molar-refractivity contribution in [3.63, 3.8) is 0 Å². The van der Waals surface area contributed by atoms with Crippen molar-refractivity contribution in [2.45, 2.75) is 13.8 Å². The Morgan fingerprint density at radius 3 is 2.78 bits per heavy atom. The Hall–Kier alpha value is -2.80. The average Bonchev–Trinajstić information content (AvgIpc) is 2.63. The first-order chi connectivity index (χ1) is 13.0. The topological polar surface area (TPSA) is 72.0 Å². The number of carbonyl (C=O) groups is 1. The zero-order chi connectivity index (χ0) is 19.6. The van der Waals surface area contributed by atoms with Gasteiger partial charge in [-0.3, -0.25) is 0 Å². The number of hydrogen-bond acceptors (Lipinski definition) is 4. The van der Waals surface area contributed by atoms with Gasteiger partial charge < -0.3 is 14.8 Å². The number of hydrazone groups is 1. The maximum atomic E-state index is 12.0. The zero-order valence-electron chi connectivity index (χ0n) is 15.3. The Morgan fingerprint density at radius 2 is 2.07 bits per heavy atom. The number of ether oxygens (including phenoxy) is 2. The average molecular weight is 432 g/mol. The van der Waals surface area contributed by atoms with Gasteiger partial charge in [-0.15, -0.1) is 0 Å². The number of nitrogens with zero attached hydrogens (tertiary/aromatic N) is 1. The predicted octanol–water partition coefficient (Wildman–Crippen LogP) is 4.88. The first-order valence-electron chi connectivity index (χ1n) is 8.40. The predicted molar refractivity (Wildman–Crippen MR) is 112 cm³/mol. The molecule has 2 aromatic carbocycles. The third-order valence-electron chi connectivity index (χ3n) is 3.45. The molecule has 2 amide bonds. The maximum Gasteiger partial charge on any atom is 0.339 e. The SMILES string of the molecule is C=CCOc1c(Br)cc(C=NNC(=O)Nc2ccccc2C)cc1OCC. The van der Waals surface area contributed by atoms with Crippen molar-refractivity contribution < 1.29 is 14.3 Å². The van der Waals surface area contributed by atoms with E-state index in [4.69, 9.17) is 9.47 Å². The molecule has 0 saturated carbocycles. The summed E-state index contributed by atoms with van der Waals surface area (Å²) >= 11 is 3.47. The molecule has 27 heavy (non-hydrogen) atoms. The van der Waals surface area contributed by atoms with Crippen molar-refractivity contribution in [3.05, 3.63) is 64.7 Å². The fraction of sp³-hybridized carbons (Fsp3) is 0.200. The van der Waals surface area contributed by atoms with Gasteiger partial charge in [0.2, 0.25) is 0 Å². The lowest BCUT2D eigenvalue weighted by atomic mass is 10.2. The molecule has 2 aromatic rings. The summed E-state index contributed by atoms with van der Waals surface area (Å²) in [5, 5.41) is 6.73. The summed E-state index contributed by atoms with van der Waals surface area (Å²) in [6.45, 7) is 8.32. The molecule has 0 fully saturated rings. The molecule has 2 rings (SSSR count). The number of urea groups is 1. The first-order valence-corrected chi connectivity index (χ1v) is 9.20. The Morgan fingerprint density at radius 1 is 1.30 bits per heavy atom. The molecule has 2 N–H and O–H groups in total. The second-order valence-corrected chi connectivity index (χ2v) is 6.36. The Bertz CT molecular complexity index is 837. The smallest absolute Gasteiger partial charge is 0.339 e. The number of amides is 2. The second-order valence-electron chi connectivity index (χ2n) is 5.50. The van der Waals surface area contributed by atoms with Crippen LogP contribution < -0.4 is 20.2 Å². The van der Waals surface area contributed by atoms with Crippen LogP contribution in [0.3, 0.4) is 0 Å². The summed E-state index contributed by atoms with van der Waals surface area (Å²) in [5.74, 6) is 1.18. The van der Waals surface area contributed by atoms with Crippen LogP contribution in [0.4, 0.5) is 10.5 Å². The van der Waals surface area contributed by atoms with Crippen molar-refractivity contribution in [3.8, 4) is 11.5 Å². The molecule has 0 heterocycles. The Kier molecular flexibility index (Phi) is 7.88. The lowest BCUT2D eigenvalue weighted by Gasteiger charge is -2.13. The number of aryl methyl sites for hydroxylation is 1. The molecule has 142 valence electrons. The van der Waals surface area contributed by atoms with E-state index in [2.05, 4.69) is 38.4 Å². The van der Waals surface area contributed by atoms with Crippen LogP contribution in [0.5, 0.6) is 11.5 Å². The van der Waals surface area contributed by atoms with E-state index in [0.29, 0.717) is 24.7 Å². The minimum atomic E-state index is -0.421. The van der Waals surface area contributed by atoms with Crippen LogP contribution in [0.1, 0.15) is 18.1 Å². The summed E-state index contributed by atoms with van der Waals surface area (Å²) in [5.41, 5.74) is 4.89. The number of para-hydroxylation sites is 1. The first kappa shape index (κ1) is 20.5. The van der Waals surface area contributed by atoms with Crippen molar-refractivity contribution in [2.75, 3.05) is 18.5 Å². The molecule has 7 heteroatoms. The van der Waals surface area contributed by atoms with E-state index in [0.717, 1.165) is 21.3 Å². The lowest BCUT2D eigenvalue weighted by Crippen LogP contribution is -2.24. The summed E-state index contributed by atoms with van der Waals surface area (Å²) in [4.78, 5) is 12.0. The minimum Gasteiger partial charge on any atom is -0.490 e. The Balaban J connectivity index is 2.06. The number of halogens is 1. The van der Waals surface area contributed by atoms with Crippen molar-refractivity contribution in [1.82, 2.24) is 5.43 Å². The van der Waals surface area contributed by atoms with Gasteiger partial charge in [0.1, 0.15) is 6.61 Å². The van der Waals surface area contributed by atoms with Gasteiger partial charge in [0.05, 0.1) is 17.3 Å². The van der Waals surface area contributed by atoms with E-state index < -0.39 is 6.03 Å². The molecule has 0 atom stereocenters. The molecule has 6 nitrogen and oxygen atoms in total. The monoisotopic (exact) mass is 431 g/mol. The molecule has 0 aromatic heterocycles. The number of rotatable bonds is 8. The molecule has 0 saturated heterocycles. The van der Waals surface area contributed by atoms with Gasteiger partial charge in [-0.05, 0) is 59.1 Å². The molecule has 0 unspecified atom stereocenters. The summed E-state index contributed by atoms with van der Waals surface area (Å²) < 4.78 is 12.0. The molecule has 0 bridgehead atoms. The van der Waals surface area contributed by atoms with E-state index in [9.17, 15) is 4.79 Å². The second kappa shape index (κ2) is 10.4. The van der Waals surface area contributed by atoms with E-state index in [1.165, 1.54) is 6.21 Å². The minimum absolute atomic E-state index is 0.368. The van der Waals surface area contributed by atoms with E-state index in [1.54, 1.807) is 12.1 Å². The molecule has 0 aliphatic carbocycles. The number of carbonyl (C=O) groups excluding carboxylic acids is 1. The normalized spacial score (nSPS) is 10.5. The third-order valence-corrected chi connectivity index (χ3v) is 4.04. The lowest BCUT2D eigenvalue weighted by molar-refractivity contribution is 0.252. The highest BCUT2D eigenvalue weighted by molar-refractivity contribution is 9.10. The highest BCUT2D eigenvalue weighted by Crippen LogP contribution is 2.36. The van der Waals surface area contributed by atoms with Crippen molar-refractivity contribution >= 4 is 33.9 Å². The number of benzene rings is 2. The molecular formula is C20H22BrN3O3. The molecule has 0 aliphatic rings. The van der Waals surface area contributed by atoms with Crippen molar-refractivity contribution in [2.24, 2.45) is 5.10 Å². The fourth-order valence-corrected chi connectivity index (χ4v) is 2.81. The highest BCUT2D eigenvalue weighted by atomic mass is 79.9. The van der Waals surface area contributed by atoms with Gasteiger partial charge in [-0.2, -0.15) is 5.10 Å². The van der Waals surface area contributed by atoms with Crippen LogP contribution in [0.2, 0.25) is 0 Å². The van der Waals surface area contributed by atoms with Gasteiger partial charge in [-0.25, -0.2) is 10.2 Å². The van der Waals surface area contributed by atoms with Gasteiger partial charge >= 0.3 is 6.03 Å². The van der Waals surface area contributed by atoms with Crippen LogP contribution in [-0.4, -0.2) is 25.5 Å². The Labute approximate surface area is 167 Å². The van der Waals surface area contributed by atoms with Crippen LogP contribution in [0.15, 0.2) is 58.6 Å². The molecular weight excluding hydrogens is 410 g/mol. The van der Waals surface area contributed by atoms with Gasteiger partial charge in [-0.1, -0.05) is 30.9 Å². The maximum absolute atomic E-state index is 12.0. The van der Waals surface area contributed by atoms with E-state index in [1.807, 2.05) is 44.2 Å². The van der Waals surface area contributed by atoms with Gasteiger partial charge in [0.15, 0.2) is 11.5 Å². The van der Waals surface area contributed by atoms with Crippen LogP contribution in [-0.2, 0) is 0 Å². The van der Waals surface area contributed by atoms with Gasteiger partial charge in [0.25, 0.3) is 0 Å². The molecule has 0 radical (unpaired) electrons. The summed E-state index contributed by atoms with van der Waals surface area (Å²) in [7, 11) is 0. The highest BCUT2D eigenvalue weighted by Gasteiger charge is 2.11. The number of hydrogen-bond donors (Lipinski definition) is 2. The standard InChI is InChI=1S/C20H22BrN3O3/c1-4-10-27-19-16(21)11-15(12-18(19)26-5-2)13-22-24-20(25)23-17-9-7-6-8-14(17)3/h4,6-9,11-13H,1,5,10H2,2-3H3,(H2,23,24,25). The number of anilines is 1. The fourth-order valence-electron chi connectivity index (χ4n) is 2.24. The largest absolute Gasteiger partial charge is 0.490 e. The van der Waals surface area contributed by atoms with Crippen LogP contribution in [0.25, 0.3) is 0 Å². The summed E-state index contributed by atoms with van der Waals surface area (Å²) in [6, 6.07) is 10.7. The van der Waals surface area contributed by atoms with Crippen LogP contribution >= 0.6 is 15.9 Å². The van der Waals surface area contributed by atoms with Crippen LogP contribution in [0, 0.1) is 6.92 Å². The number of nitrogens with one attached hydrogen (secondary N) is 2. The molecule has 0 aliphatic heterocycles. The zero-order valence-corrected chi connectivity index (χ0v) is 16.9. The van der Waals surface area contributed by atoms with Crippen molar-refractivity contribution in [1.29, 1.82) is 0 Å². The van der Waals surface area contributed by atoms with E-state index in [-0.39, 0.29) is 0 Å². The van der Waals surface area contributed by atoms with Gasteiger partial charge in [0, 0.05) is 5.69 Å². The quantitative estimate of drug-likeness (QED) is 0.355.